The van der Waals surface area contributed by atoms with Gasteiger partial charge in [0, 0.05) is 51.7 Å². The van der Waals surface area contributed by atoms with Gasteiger partial charge in [-0.25, -0.2) is 4.99 Å². The topological polar surface area (TPSA) is 69.1 Å². The summed E-state index contributed by atoms with van der Waals surface area (Å²) in [6.07, 6.45) is 5.84. The normalized spacial score (nSPS) is 17.5. The van der Waals surface area contributed by atoms with E-state index in [-0.39, 0.29) is 24.0 Å². The second-order valence-electron chi connectivity index (χ2n) is 8.27. The number of hydrogen-bond donors (Lipinski definition) is 3. The number of anilines is 1. The van der Waals surface area contributed by atoms with Gasteiger partial charge in [0.1, 0.15) is 0 Å². The van der Waals surface area contributed by atoms with Gasteiger partial charge in [-0.15, -0.1) is 24.0 Å². The van der Waals surface area contributed by atoms with Crippen LogP contribution in [0.2, 0.25) is 0 Å². The van der Waals surface area contributed by atoms with Crippen molar-refractivity contribution in [2.75, 3.05) is 50.9 Å². The molecule has 0 unspecified atom stereocenters. The number of nitrogens with one attached hydrogen (secondary N) is 2. The zero-order valence-corrected chi connectivity index (χ0v) is 20.6. The van der Waals surface area contributed by atoms with Crippen molar-refractivity contribution in [2.24, 2.45) is 16.8 Å². The van der Waals surface area contributed by atoms with Gasteiger partial charge in [-0.2, -0.15) is 0 Å². The van der Waals surface area contributed by atoms with Gasteiger partial charge in [-0.3, -0.25) is 0 Å². The summed E-state index contributed by atoms with van der Waals surface area (Å²) < 4.78 is 5.69. The molecule has 170 valence electrons. The summed E-state index contributed by atoms with van der Waals surface area (Å²) in [5, 5.41) is 16.0. The van der Waals surface area contributed by atoms with Crippen molar-refractivity contribution in [3.63, 3.8) is 0 Å². The second kappa shape index (κ2) is 14.1. The van der Waals surface area contributed by atoms with E-state index in [4.69, 9.17) is 9.73 Å². The quantitative estimate of drug-likeness (QED) is 0.177. The Kier molecular flexibility index (Phi) is 11.8. The first-order valence-corrected chi connectivity index (χ1v) is 11.3. The van der Waals surface area contributed by atoms with Crippen LogP contribution in [0, 0.1) is 11.8 Å². The van der Waals surface area contributed by atoms with Crippen LogP contribution in [0.25, 0.3) is 0 Å². The molecule has 6 nitrogen and oxygen atoms in total. The fourth-order valence-corrected chi connectivity index (χ4v) is 3.61. The van der Waals surface area contributed by atoms with Crippen molar-refractivity contribution in [1.29, 1.82) is 0 Å². The van der Waals surface area contributed by atoms with E-state index in [9.17, 15) is 5.11 Å². The summed E-state index contributed by atoms with van der Waals surface area (Å²) in [4.78, 5) is 7.13. The third-order valence-electron chi connectivity index (χ3n) is 5.75. The first-order chi connectivity index (χ1) is 14.3. The zero-order chi connectivity index (χ0) is 20.3. The fraction of sp³-hybridized carbons (Fsp3) is 0.696. The Morgan fingerprint density at radius 2 is 1.83 bits per heavy atom. The van der Waals surface area contributed by atoms with Crippen LogP contribution in [-0.2, 0) is 11.3 Å². The number of hydrogen-bond acceptors (Lipinski definition) is 4. The van der Waals surface area contributed by atoms with Crippen LogP contribution in [0.1, 0.15) is 44.6 Å². The maximum atomic E-state index is 9.29. The summed E-state index contributed by atoms with van der Waals surface area (Å²) in [5.74, 6) is 2.17. The highest BCUT2D eigenvalue weighted by Crippen LogP contribution is 2.28. The minimum absolute atomic E-state index is 0. The number of guanidine groups is 1. The summed E-state index contributed by atoms with van der Waals surface area (Å²) in [6.45, 7) is 8.62. The molecular weight excluding hydrogens is 491 g/mol. The average Bonchev–Trinajstić information content (AvgIpc) is 3.59. The molecule has 3 N–H and O–H groups in total. The number of benzene rings is 1. The van der Waals surface area contributed by atoms with E-state index >= 15 is 0 Å². The molecule has 0 spiro atoms. The molecule has 1 saturated carbocycles. The molecule has 0 aromatic heterocycles. The molecule has 1 aromatic carbocycles. The number of aliphatic hydroxyl groups is 1. The molecule has 3 rings (SSSR count). The minimum atomic E-state index is 0. The molecule has 1 aliphatic carbocycles. The van der Waals surface area contributed by atoms with Crippen molar-refractivity contribution in [2.45, 2.75) is 45.6 Å². The number of nitrogens with zero attached hydrogens (tertiary/aromatic N) is 2. The fourth-order valence-electron chi connectivity index (χ4n) is 3.61. The van der Waals surface area contributed by atoms with Crippen molar-refractivity contribution in [1.82, 2.24) is 10.6 Å². The van der Waals surface area contributed by atoms with E-state index in [1.807, 2.05) is 0 Å². The lowest BCUT2D eigenvalue weighted by atomic mass is 9.97. The SMILES string of the molecule is CCNC(=NCc1ccc(N2CCC(CO)CC2)cc1)NCCCOCC1CC1.I. The van der Waals surface area contributed by atoms with E-state index in [0.717, 1.165) is 70.5 Å². The van der Waals surface area contributed by atoms with Crippen LogP contribution in [-0.4, -0.2) is 57.1 Å². The predicted octanol–water partition coefficient (Wildman–Crippen LogP) is 3.39. The van der Waals surface area contributed by atoms with Crippen molar-refractivity contribution in [3.8, 4) is 0 Å². The van der Waals surface area contributed by atoms with E-state index in [2.05, 4.69) is 46.7 Å². The number of aliphatic imine (C=N–C) groups is 1. The molecule has 1 aliphatic heterocycles. The van der Waals surface area contributed by atoms with Crippen molar-refractivity contribution < 1.29 is 9.84 Å². The van der Waals surface area contributed by atoms with Gasteiger partial charge in [0.15, 0.2) is 5.96 Å². The molecule has 2 aliphatic rings. The highest BCUT2D eigenvalue weighted by Gasteiger charge is 2.21. The molecular formula is C23H39IN4O2. The summed E-state index contributed by atoms with van der Waals surface area (Å²) in [6, 6.07) is 8.74. The molecule has 1 saturated heterocycles. The lowest BCUT2D eigenvalue weighted by molar-refractivity contribution is 0.123. The number of rotatable bonds is 11. The Morgan fingerprint density at radius 3 is 2.47 bits per heavy atom. The molecule has 0 atom stereocenters. The highest BCUT2D eigenvalue weighted by molar-refractivity contribution is 14.0. The lowest BCUT2D eigenvalue weighted by Gasteiger charge is -2.32. The van der Waals surface area contributed by atoms with Gasteiger partial charge in [0.05, 0.1) is 6.54 Å². The average molecular weight is 530 g/mol. The molecule has 7 heteroatoms. The van der Waals surface area contributed by atoms with Crippen LogP contribution < -0.4 is 15.5 Å². The van der Waals surface area contributed by atoms with E-state index in [0.29, 0.717) is 19.1 Å². The lowest BCUT2D eigenvalue weighted by Crippen LogP contribution is -2.38. The first kappa shape index (κ1) is 25.2. The van der Waals surface area contributed by atoms with Crippen LogP contribution in [0.5, 0.6) is 0 Å². The van der Waals surface area contributed by atoms with Gasteiger partial charge >= 0.3 is 0 Å². The predicted molar refractivity (Wildman–Crippen MR) is 135 cm³/mol. The van der Waals surface area contributed by atoms with Gasteiger partial charge in [-0.1, -0.05) is 12.1 Å². The maximum absolute atomic E-state index is 9.29. The molecule has 0 bridgehead atoms. The van der Waals surface area contributed by atoms with Gasteiger partial charge in [0.2, 0.25) is 0 Å². The number of ether oxygens (including phenoxy) is 1. The molecule has 1 heterocycles. The maximum Gasteiger partial charge on any atom is 0.191 e. The number of piperidine rings is 1. The monoisotopic (exact) mass is 530 g/mol. The van der Waals surface area contributed by atoms with Crippen LogP contribution in [0.15, 0.2) is 29.3 Å². The third kappa shape index (κ3) is 8.98. The molecule has 0 radical (unpaired) electrons. The van der Waals surface area contributed by atoms with Gasteiger partial charge in [0.25, 0.3) is 0 Å². The number of aliphatic hydroxyl groups excluding tert-OH is 1. The van der Waals surface area contributed by atoms with Crippen molar-refractivity contribution >= 4 is 35.6 Å². The van der Waals surface area contributed by atoms with E-state index in [1.54, 1.807) is 0 Å². The summed E-state index contributed by atoms with van der Waals surface area (Å²) >= 11 is 0. The summed E-state index contributed by atoms with van der Waals surface area (Å²) in [5.41, 5.74) is 2.48. The molecule has 2 fully saturated rings. The minimum Gasteiger partial charge on any atom is -0.396 e. The van der Waals surface area contributed by atoms with Crippen molar-refractivity contribution in [3.05, 3.63) is 29.8 Å². The zero-order valence-electron chi connectivity index (χ0n) is 18.3. The number of halogens is 1. The van der Waals surface area contributed by atoms with Crippen LogP contribution in [0.4, 0.5) is 5.69 Å². The Hall–Kier alpha value is -1.06. The Morgan fingerprint density at radius 1 is 1.10 bits per heavy atom. The van der Waals surface area contributed by atoms with E-state index in [1.165, 1.54) is 24.1 Å². The smallest absolute Gasteiger partial charge is 0.191 e. The third-order valence-corrected chi connectivity index (χ3v) is 5.75. The standard InChI is InChI=1S/C23H38N4O2.HI/c1-2-24-23(25-12-3-15-29-18-21-4-5-21)26-16-19-6-8-22(9-7-19)27-13-10-20(17-28)11-14-27;/h6-9,20-21,28H,2-5,10-18H2,1H3,(H2,24,25,26);1H. The van der Waals surface area contributed by atoms with Crippen LogP contribution in [0.3, 0.4) is 0 Å². The van der Waals surface area contributed by atoms with Crippen LogP contribution >= 0.6 is 24.0 Å². The van der Waals surface area contributed by atoms with Gasteiger partial charge in [-0.05, 0) is 68.6 Å². The first-order valence-electron chi connectivity index (χ1n) is 11.3. The van der Waals surface area contributed by atoms with Gasteiger partial charge < -0.3 is 25.4 Å². The highest BCUT2D eigenvalue weighted by atomic mass is 127. The Balaban J connectivity index is 0.00000320. The molecule has 0 amide bonds. The molecule has 1 aromatic rings. The second-order valence-corrected chi connectivity index (χ2v) is 8.27. The Labute approximate surface area is 198 Å². The summed E-state index contributed by atoms with van der Waals surface area (Å²) in [7, 11) is 0. The molecule has 30 heavy (non-hydrogen) atoms. The largest absolute Gasteiger partial charge is 0.396 e. The Bertz CT molecular complexity index is 614. The van der Waals surface area contributed by atoms with E-state index < -0.39 is 0 Å².